The number of urea groups is 1. The van der Waals surface area contributed by atoms with Gasteiger partial charge >= 0.3 is 6.03 Å². The number of benzene rings is 2. The van der Waals surface area contributed by atoms with Crippen molar-refractivity contribution in [2.75, 3.05) is 11.9 Å². The Labute approximate surface area is 159 Å². The summed E-state index contributed by atoms with van der Waals surface area (Å²) >= 11 is 0. The van der Waals surface area contributed by atoms with Crippen LogP contribution in [-0.2, 0) is 17.9 Å². The Morgan fingerprint density at radius 3 is 2.30 bits per heavy atom. The van der Waals surface area contributed by atoms with Crippen LogP contribution in [0, 0.1) is 0 Å². The molecule has 1 saturated carbocycles. The number of amides is 3. The normalized spacial score (nSPS) is 13.1. The predicted molar refractivity (Wildman–Crippen MR) is 105 cm³/mol. The lowest BCUT2D eigenvalue weighted by molar-refractivity contribution is 0.0951. The maximum atomic E-state index is 12.3. The molecule has 3 amide bonds. The van der Waals surface area contributed by atoms with E-state index in [4.69, 9.17) is 4.74 Å². The highest BCUT2D eigenvalue weighted by molar-refractivity contribution is 5.95. The highest BCUT2D eigenvalue weighted by Gasteiger charge is 2.23. The second-order valence-electron chi connectivity index (χ2n) is 6.59. The van der Waals surface area contributed by atoms with Crippen LogP contribution in [-0.4, -0.2) is 24.6 Å². The van der Waals surface area contributed by atoms with E-state index in [9.17, 15) is 9.59 Å². The molecule has 0 heterocycles. The van der Waals surface area contributed by atoms with Crippen LogP contribution >= 0.6 is 0 Å². The first-order valence-electron chi connectivity index (χ1n) is 9.25. The Morgan fingerprint density at radius 1 is 1.00 bits per heavy atom. The Hall–Kier alpha value is -2.86. The molecule has 2 aromatic carbocycles. The first-order valence-corrected chi connectivity index (χ1v) is 9.25. The van der Waals surface area contributed by atoms with E-state index in [0.717, 1.165) is 24.0 Å². The van der Waals surface area contributed by atoms with Crippen LogP contribution in [0.25, 0.3) is 0 Å². The van der Waals surface area contributed by atoms with Gasteiger partial charge in [-0.05, 0) is 55.2 Å². The quantitative estimate of drug-likeness (QED) is 0.669. The fourth-order valence-electron chi connectivity index (χ4n) is 2.54. The van der Waals surface area contributed by atoms with E-state index < -0.39 is 0 Å². The SMILES string of the molecule is CCOCc1ccc(CNC(=O)c2ccc(NC(=O)NC3CC3)cc2)cc1. The zero-order chi connectivity index (χ0) is 19.1. The third-order valence-corrected chi connectivity index (χ3v) is 4.27. The third kappa shape index (κ3) is 6.11. The van der Waals surface area contributed by atoms with Gasteiger partial charge in [-0.25, -0.2) is 4.79 Å². The van der Waals surface area contributed by atoms with Crippen molar-refractivity contribution in [1.82, 2.24) is 10.6 Å². The summed E-state index contributed by atoms with van der Waals surface area (Å²) in [6.45, 7) is 3.71. The summed E-state index contributed by atoms with van der Waals surface area (Å²) < 4.78 is 5.37. The average Bonchev–Trinajstić information content (AvgIpc) is 3.49. The van der Waals surface area contributed by atoms with Gasteiger partial charge in [0.1, 0.15) is 0 Å². The predicted octanol–water partition coefficient (Wildman–Crippen LogP) is 3.44. The van der Waals surface area contributed by atoms with Crippen molar-refractivity contribution in [3.8, 4) is 0 Å². The van der Waals surface area contributed by atoms with Gasteiger partial charge in [0.2, 0.25) is 0 Å². The Morgan fingerprint density at radius 2 is 1.67 bits per heavy atom. The minimum atomic E-state index is -0.206. The highest BCUT2D eigenvalue weighted by atomic mass is 16.5. The Bertz CT molecular complexity index is 768. The van der Waals surface area contributed by atoms with Gasteiger partial charge in [-0.15, -0.1) is 0 Å². The molecule has 3 N–H and O–H groups in total. The molecule has 27 heavy (non-hydrogen) atoms. The fraction of sp³-hybridized carbons (Fsp3) is 0.333. The number of hydrogen-bond acceptors (Lipinski definition) is 3. The van der Waals surface area contributed by atoms with Crippen LogP contribution in [0.3, 0.4) is 0 Å². The van der Waals surface area contributed by atoms with Crippen LogP contribution in [0.1, 0.15) is 41.3 Å². The molecule has 0 bridgehead atoms. The molecule has 0 radical (unpaired) electrons. The van der Waals surface area contributed by atoms with E-state index in [-0.39, 0.29) is 11.9 Å². The molecule has 3 rings (SSSR count). The molecule has 0 aromatic heterocycles. The van der Waals surface area contributed by atoms with Gasteiger partial charge in [-0.2, -0.15) is 0 Å². The van der Waals surface area contributed by atoms with Crippen molar-refractivity contribution in [3.05, 3.63) is 65.2 Å². The topological polar surface area (TPSA) is 79.5 Å². The summed E-state index contributed by atoms with van der Waals surface area (Å²) in [5.74, 6) is -0.151. The minimum Gasteiger partial charge on any atom is -0.377 e. The number of ether oxygens (including phenoxy) is 1. The first kappa shape index (κ1) is 18.9. The van der Waals surface area contributed by atoms with Crippen LogP contribution < -0.4 is 16.0 Å². The average molecular weight is 367 g/mol. The van der Waals surface area contributed by atoms with E-state index in [2.05, 4.69) is 16.0 Å². The van der Waals surface area contributed by atoms with Crippen molar-refractivity contribution in [2.45, 2.75) is 39.0 Å². The summed E-state index contributed by atoms with van der Waals surface area (Å²) in [6, 6.07) is 14.9. The largest absolute Gasteiger partial charge is 0.377 e. The van der Waals surface area contributed by atoms with Crippen LogP contribution in [0.2, 0.25) is 0 Å². The van der Waals surface area contributed by atoms with E-state index in [1.807, 2.05) is 31.2 Å². The zero-order valence-corrected chi connectivity index (χ0v) is 15.5. The molecule has 2 aromatic rings. The Balaban J connectivity index is 1.46. The number of hydrogen-bond donors (Lipinski definition) is 3. The number of carbonyl (C=O) groups is 2. The zero-order valence-electron chi connectivity index (χ0n) is 15.5. The maximum absolute atomic E-state index is 12.3. The van der Waals surface area contributed by atoms with Crippen molar-refractivity contribution in [3.63, 3.8) is 0 Å². The lowest BCUT2D eigenvalue weighted by Gasteiger charge is -2.09. The summed E-state index contributed by atoms with van der Waals surface area (Å²) in [4.78, 5) is 24.0. The van der Waals surface area contributed by atoms with E-state index in [1.165, 1.54) is 0 Å². The molecular weight excluding hydrogens is 342 g/mol. The highest BCUT2D eigenvalue weighted by Crippen LogP contribution is 2.19. The van der Waals surface area contributed by atoms with Crippen LogP contribution in [0.5, 0.6) is 0 Å². The van der Waals surface area contributed by atoms with Crippen LogP contribution in [0.4, 0.5) is 10.5 Å². The Kier molecular flexibility index (Phi) is 6.44. The summed E-state index contributed by atoms with van der Waals surface area (Å²) in [5.41, 5.74) is 3.35. The standard InChI is InChI=1S/C21H25N3O3/c1-2-27-14-16-5-3-15(4-6-16)13-22-20(25)17-7-9-18(10-8-17)23-21(26)24-19-11-12-19/h3-10,19H,2,11-14H2,1H3,(H,22,25)(H2,23,24,26). The molecule has 1 aliphatic rings. The molecule has 142 valence electrons. The second kappa shape index (κ2) is 9.19. The summed E-state index contributed by atoms with van der Waals surface area (Å²) in [6.07, 6.45) is 2.09. The molecule has 0 unspecified atom stereocenters. The maximum Gasteiger partial charge on any atom is 0.319 e. The molecule has 1 aliphatic carbocycles. The van der Waals surface area contributed by atoms with E-state index in [0.29, 0.717) is 37.1 Å². The van der Waals surface area contributed by atoms with Crippen molar-refractivity contribution in [1.29, 1.82) is 0 Å². The number of rotatable bonds is 8. The molecule has 0 atom stereocenters. The molecule has 0 saturated heterocycles. The van der Waals surface area contributed by atoms with Crippen molar-refractivity contribution >= 4 is 17.6 Å². The third-order valence-electron chi connectivity index (χ3n) is 4.27. The summed E-state index contributed by atoms with van der Waals surface area (Å²) in [5, 5.41) is 8.52. The molecule has 6 nitrogen and oxygen atoms in total. The smallest absolute Gasteiger partial charge is 0.319 e. The van der Waals surface area contributed by atoms with Gasteiger partial charge in [-0.3, -0.25) is 4.79 Å². The van der Waals surface area contributed by atoms with Crippen molar-refractivity contribution < 1.29 is 14.3 Å². The second-order valence-corrected chi connectivity index (χ2v) is 6.59. The molecule has 0 aliphatic heterocycles. The number of carbonyl (C=O) groups excluding carboxylic acids is 2. The molecule has 1 fully saturated rings. The molecule has 6 heteroatoms. The lowest BCUT2D eigenvalue weighted by Crippen LogP contribution is -2.30. The van der Waals surface area contributed by atoms with Crippen LogP contribution in [0.15, 0.2) is 48.5 Å². The lowest BCUT2D eigenvalue weighted by atomic mass is 10.1. The first-order chi connectivity index (χ1) is 13.1. The molecule has 0 spiro atoms. The van der Waals surface area contributed by atoms with Gasteiger partial charge < -0.3 is 20.7 Å². The summed E-state index contributed by atoms with van der Waals surface area (Å²) in [7, 11) is 0. The molecular formula is C21H25N3O3. The monoisotopic (exact) mass is 367 g/mol. The van der Waals surface area contributed by atoms with Gasteiger partial charge in [-0.1, -0.05) is 24.3 Å². The van der Waals surface area contributed by atoms with E-state index in [1.54, 1.807) is 24.3 Å². The van der Waals surface area contributed by atoms with Gasteiger partial charge in [0.25, 0.3) is 5.91 Å². The van der Waals surface area contributed by atoms with E-state index >= 15 is 0 Å². The van der Waals surface area contributed by atoms with Gasteiger partial charge in [0, 0.05) is 30.4 Å². The van der Waals surface area contributed by atoms with Gasteiger partial charge in [0.05, 0.1) is 6.61 Å². The number of anilines is 1. The minimum absolute atomic E-state index is 0.151. The number of nitrogens with one attached hydrogen (secondary N) is 3. The fourth-order valence-corrected chi connectivity index (χ4v) is 2.54. The van der Waals surface area contributed by atoms with Crippen molar-refractivity contribution in [2.24, 2.45) is 0 Å². The van der Waals surface area contributed by atoms with Gasteiger partial charge in [0.15, 0.2) is 0 Å².